The van der Waals surface area contributed by atoms with E-state index in [0.29, 0.717) is 17.6 Å². The third kappa shape index (κ3) is 4.32. The number of oxazole rings is 1. The lowest BCUT2D eigenvalue weighted by Crippen LogP contribution is -2.17. The SMILES string of the molecule is CCCOC(=O)C(C)Sc1ncc(-c2ccc(F)cc2)o1. The van der Waals surface area contributed by atoms with E-state index in [-0.39, 0.29) is 11.8 Å². The summed E-state index contributed by atoms with van der Waals surface area (Å²) in [6, 6.07) is 5.94. The molecule has 0 aliphatic rings. The molecule has 112 valence electrons. The molecule has 1 heterocycles. The summed E-state index contributed by atoms with van der Waals surface area (Å²) in [6.07, 6.45) is 2.34. The maximum atomic E-state index is 12.9. The largest absolute Gasteiger partial charge is 0.465 e. The first-order valence-electron chi connectivity index (χ1n) is 6.65. The van der Waals surface area contributed by atoms with Crippen molar-refractivity contribution in [1.82, 2.24) is 4.98 Å². The van der Waals surface area contributed by atoms with E-state index in [1.165, 1.54) is 23.9 Å². The van der Waals surface area contributed by atoms with E-state index in [4.69, 9.17) is 9.15 Å². The minimum absolute atomic E-state index is 0.289. The summed E-state index contributed by atoms with van der Waals surface area (Å²) in [7, 11) is 0. The molecular weight excluding hydrogens is 293 g/mol. The van der Waals surface area contributed by atoms with E-state index >= 15 is 0 Å². The molecule has 0 amide bonds. The molecule has 1 aromatic carbocycles. The molecule has 0 fully saturated rings. The lowest BCUT2D eigenvalue weighted by molar-refractivity contribution is -0.142. The quantitative estimate of drug-likeness (QED) is 0.598. The Bertz CT molecular complexity index is 597. The highest BCUT2D eigenvalue weighted by Gasteiger charge is 2.19. The normalized spacial score (nSPS) is 12.1. The van der Waals surface area contributed by atoms with Gasteiger partial charge < -0.3 is 9.15 Å². The van der Waals surface area contributed by atoms with E-state index in [1.807, 2.05) is 6.92 Å². The number of thioether (sulfide) groups is 1. The number of ether oxygens (including phenoxy) is 1. The van der Waals surface area contributed by atoms with Crippen molar-refractivity contribution in [3.63, 3.8) is 0 Å². The van der Waals surface area contributed by atoms with Crippen LogP contribution in [0.5, 0.6) is 0 Å². The molecule has 0 radical (unpaired) electrons. The summed E-state index contributed by atoms with van der Waals surface area (Å²) in [5, 5.41) is -0.00783. The maximum absolute atomic E-state index is 12.9. The predicted octanol–water partition coefficient (Wildman–Crippen LogP) is 3.91. The molecule has 0 aliphatic carbocycles. The zero-order valence-electron chi connectivity index (χ0n) is 11.8. The van der Waals surface area contributed by atoms with E-state index < -0.39 is 5.25 Å². The van der Waals surface area contributed by atoms with Crippen molar-refractivity contribution in [2.24, 2.45) is 0 Å². The van der Waals surface area contributed by atoms with Crippen LogP contribution in [0.2, 0.25) is 0 Å². The summed E-state index contributed by atoms with van der Waals surface area (Å²) in [5.74, 6) is -0.0600. The second-order valence-corrected chi connectivity index (χ2v) is 5.72. The Kier molecular flexibility index (Phi) is 5.38. The number of aromatic nitrogens is 1. The average molecular weight is 309 g/mol. The number of nitrogens with zero attached hydrogens (tertiary/aromatic N) is 1. The topological polar surface area (TPSA) is 52.3 Å². The van der Waals surface area contributed by atoms with Gasteiger partial charge in [-0.05, 0) is 37.6 Å². The molecule has 2 rings (SSSR count). The highest BCUT2D eigenvalue weighted by molar-refractivity contribution is 8.00. The summed E-state index contributed by atoms with van der Waals surface area (Å²) < 4.78 is 23.5. The number of benzene rings is 1. The fourth-order valence-corrected chi connectivity index (χ4v) is 2.30. The zero-order chi connectivity index (χ0) is 15.2. The number of rotatable bonds is 6. The number of halogens is 1. The van der Waals surface area contributed by atoms with Crippen LogP contribution in [0.3, 0.4) is 0 Å². The molecule has 0 saturated heterocycles. The van der Waals surface area contributed by atoms with Gasteiger partial charge in [0.1, 0.15) is 11.1 Å². The monoisotopic (exact) mass is 309 g/mol. The Morgan fingerprint density at radius 1 is 1.43 bits per heavy atom. The van der Waals surface area contributed by atoms with E-state index in [1.54, 1.807) is 25.3 Å². The molecule has 0 bridgehead atoms. The van der Waals surface area contributed by atoms with Crippen LogP contribution in [0.25, 0.3) is 11.3 Å². The van der Waals surface area contributed by atoms with Gasteiger partial charge in [-0.1, -0.05) is 18.7 Å². The average Bonchev–Trinajstić information content (AvgIpc) is 2.93. The standard InChI is InChI=1S/C15H16FNO3S/c1-3-8-19-14(18)10(2)21-15-17-9-13(20-15)11-4-6-12(16)7-5-11/h4-7,9-10H,3,8H2,1-2H3. The Hall–Kier alpha value is -1.82. The molecule has 2 aromatic rings. The summed E-state index contributed by atoms with van der Waals surface area (Å²) in [4.78, 5) is 15.8. The number of carbonyl (C=O) groups excluding carboxylic acids is 1. The Morgan fingerprint density at radius 3 is 2.81 bits per heavy atom. The molecule has 21 heavy (non-hydrogen) atoms. The first kappa shape index (κ1) is 15.6. The van der Waals surface area contributed by atoms with Crippen molar-refractivity contribution in [1.29, 1.82) is 0 Å². The van der Waals surface area contributed by atoms with Crippen molar-refractivity contribution in [2.75, 3.05) is 6.61 Å². The van der Waals surface area contributed by atoms with Crippen LogP contribution < -0.4 is 0 Å². The van der Waals surface area contributed by atoms with Gasteiger partial charge in [0.2, 0.25) is 0 Å². The summed E-state index contributed by atoms with van der Waals surface area (Å²) >= 11 is 1.19. The Morgan fingerprint density at radius 2 is 2.14 bits per heavy atom. The zero-order valence-corrected chi connectivity index (χ0v) is 12.7. The second kappa shape index (κ2) is 7.26. The fraction of sp³-hybridized carbons (Fsp3) is 0.333. The van der Waals surface area contributed by atoms with Gasteiger partial charge in [-0.3, -0.25) is 4.79 Å². The third-order valence-electron chi connectivity index (χ3n) is 2.67. The fourth-order valence-electron chi connectivity index (χ4n) is 1.58. The number of esters is 1. The Balaban J connectivity index is 2.00. The van der Waals surface area contributed by atoms with Gasteiger partial charge in [0, 0.05) is 5.56 Å². The minimum atomic E-state index is -0.392. The third-order valence-corrected chi connectivity index (χ3v) is 3.61. The highest BCUT2D eigenvalue weighted by Crippen LogP contribution is 2.28. The molecule has 4 nitrogen and oxygen atoms in total. The highest BCUT2D eigenvalue weighted by atomic mass is 32.2. The van der Waals surface area contributed by atoms with E-state index in [2.05, 4.69) is 4.98 Å². The lowest BCUT2D eigenvalue weighted by atomic mass is 10.2. The van der Waals surface area contributed by atoms with Crippen LogP contribution in [0, 0.1) is 5.82 Å². The van der Waals surface area contributed by atoms with Gasteiger partial charge in [0.05, 0.1) is 12.8 Å². The van der Waals surface area contributed by atoms with Gasteiger partial charge in [-0.15, -0.1) is 0 Å². The molecule has 1 atom stereocenters. The molecule has 6 heteroatoms. The van der Waals surface area contributed by atoms with Crippen molar-refractivity contribution >= 4 is 17.7 Å². The van der Waals surface area contributed by atoms with Crippen molar-refractivity contribution in [3.8, 4) is 11.3 Å². The molecule has 1 unspecified atom stereocenters. The molecule has 0 saturated carbocycles. The van der Waals surface area contributed by atoms with Crippen molar-refractivity contribution < 1.29 is 18.3 Å². The molecule has 0 aliphatic heterocycles. The lowest BCUT2D eigenvalue weighted by Gasteiger charge is -2.07. The molecule has 0 spiro atoms. The van der Waals surface area contributed by atoms with Gasteiger partial charge in [-0.2, -0.15) is 0 Å². The first-order valence-corrected chi connectivity index (χ1v) is 7.53. The van der Waals surface area contributed by atoms with Gasteiger partial charge >= 0.3 is 5.97 Å². The van der Waals surface area contributed by atoms with Crippen LogP contribution in [0.15, 0.2) is 40.1 Å². The molecule has 0 N–H and O–H groups in total. The van der Waals surface area contributed by atoms with Gasteiger partial charge in [0.15, 0.2) is 5.76 Å². The first-order chi connectivity index (χ1) is 10.1. The Labute approximate surface area is 126 Å². The van der Waals surface area contributed by atoms with Crippen LogP contribution in [0.4, 0.5) is 4.39 Å². The minimum Gasteiger partial charge on any atom is -0.465 e. The van der Waals surface area contributed by atoms with Gasteiger partial charge in [0.25, 0.3) is 5.22 Å². The summed E-state index contributed by atoms with van der Waals surface area (Å²) in [5.41, 5.74) is 0.733. The van der Waals surface area contributed by atoms with Crippen molar-refractivity contribution in [2.45, 2.75) is 30.7 Å². The van der Waals surface area contributed by atoms with E-state index in [9.17, 15) is 9.18 Å². The molecule has 1 aromatic heterocycles. The maximum Gasteiger partial charge on any atom is 0.319 e. The predicted molar refractivity (Wildman–Crippen MR) is 78.5 cm³/mol. The second-order valence-electron chi connectivity index (χ2n) is 4.42. The van der Waals surface area contributed by atoms with Crippen LogP contribution >= 0.6 is 11.8 Å². The van der Waals surface area contributed by atoms with Crippen molar-refractivity contribution in [3.05, 3.63) is 36.3 Å². The number of hydrogen-bond donors (Lipinski definition) is 0. The summed E-state index contributed by atoms with van der Waals surface area (Å²) in [6.45, 7) is 4.09. The van der Waals surface area contributed by atoms with E-state index in [0.717, 1.165) is 12.0 Å². The van der Waals surface area contributed by atoms with Crippen LogP contribution in [-0.4, -0.2) is 22.8 Å². The smallest absolute Gasteiger partial charge is 0.319 e. The van der Waals surface area contributed by atoms with Crippen LogP contribution in [0.1, 0.15) is 20.3 Å². The number of carbonyl (C=O) groups is 1. The molecular formula is C15H16FNO3S. The number of hydrogen-bond acceptors (Lipinski definition) is 5. The van der Waals surface area contributed by atoms with Gasteiger partial charge in [-0.25, -0.2) is 9.37 Å². The van der Waals surface area contributed by atoms with Crippen LogP contribution in [-0.2, 0) is 9.53 Å².